The van der Waals surface area contributed by atoms with Gasteiger partial charge in [0.25, 0.3) is 0 Å². The molecule has 0 aromatic heterocycles. The van der Waals surface area contributed by atoms with Gasteiger partial charge < -0.3 is 5.32 Å². The Labute approximate surface area is 100 Å². The van der Waals surface area contributed by atoms with Crippen molar-refractivity contribution in [1.29, 1.82) is 0 Å². The van der Waals surface area contributed by atoms with Crippen molar-refractivity contribution in [1.82, 2.24) is 5.32 Å². The summed E-state index contributed by atoms with van der Waals surface area (Å²) in [6.07, 6.45) is 7.87. The van der Waals surface area contributed by atoms with Gasteiger partial charge in [-0.2, -0.15) is 0 Å². The highest BCUT2D eigenvalue weighted by molar-refractivity contribution is 5.14. The lowest BCUT2D eigenvalue weighted by atomic mass is 10.1. The quantitative estimate of drug-likeness (QED) is 0.623. The van der Waals surface area contributed by atoms with E-state index in [0.717, 1.165) is 0 Å². The van der Waals surface area contributed by atoms with Crippen molar-refractivity contribution in [3.05, 3.63) is 35.9 Å². The fourth-order valence-corrected chi connectivity index (χ4v) is 1.88. The zero-order chi connectivity index (χ0) is 11.5. The van der Waals surface area contributed by atoms with Crippen LogP contribution in [0.4, 0.5) is 0 Å². The minimum Gasteiger partial charge on any atom is -0.317 e. The maximum absolute atomic E-state index is 3.44. The van der Waals surface area contributed by atoms with Gasteiger partial charge in [-0.15, -0.1) is 0 Å². The van der Waals surface area contributed by atoms with Crippen LogP contribution >= 0.6 is 0 Å². The Morgan fingerprint density at radius 3 is 2.38 bits per heavy atom. The van der Waals surface area contributed by atoms with Gasteiger partial charge >= 0.3 is 0 Å². The average Bonchev–Trinajstić information content (AvgIpc) is 2.34. The molecule has 0 aliphatic heterocycles. The van der Waals surface area contributed by atoms with Crippen LogP contribution in [0.1, 0.15) is 44.6 Å². The Bertz CT molecular complexity index is 243. The topological polar surface area (TPSA) is 12.0 Å². The molecule has 1 aromatic carbocycles. The van der Waals surface area contributed by atoms with Gasteiger partial charge in [0.1, 0.15) is 0 Å². The summed E-state index contributed by atoms with van der Waals surface area (Å²) in [5, 5.41) is 3.44. The van der Waals surface area contributed by atoms with Crippen molar-refractivity contribution in [3.63, 3.8) is 0 Å². The van der Waals surface area contributed by atoms with Crippen LogP contribution < -0.4 is 5.32 Å². The highest BCUT2D eigenvalue weighted by Gasteiger charge is 1.92. The third kappa shape index (κ3) is 6.62. The summed E-state index contributed by atoms with van der Waals surface area (Å²) in [7, 11) is 0. The zero-order valence-electron chi connectivity index (χ0n) is 10.5. The maximum Gasteiger partial charge on any atom is -0.00489 e. The van der Waals surface area contributed by atoms with Crippen LogP contribution in [0.25, 0.3) is 0 Å². The Morgan fingerprint density at radius 1 is 0.875 bits per heavy atom. The van der Waals surface area contributed by atoms with Crippen molar-refractivity contribution in [2.45, 2.75) is 45.4 Å². The fourth-order valence-electron chi connectivity index (χ4n) is 1.88. The molecule has 1 nitrogen and oxygen atoms in total. The lowest BCUT2D eigenvalue weighted by Gasteiger charge is -2.03. The molecular weight excluding hydrogens is 194 g/mol. The lowest BCUT2D eigenvalue weighted by molar-refractivity contribution is 0.585. The predicted molar refractivity (Wildman–Crippen MR) is 71.8 cm³/mol. The Morgan fingerprint density at radius 2 is 1.62 bits per heavy atom. The van der Waals surface area contributed by atoms with E-state index in [2.05, 4.69) is 42.6 Å². The fraction of sp³-hybridized carbons (Fsp3) is 0.600. The second-order valence-corrected chi connectivity index (χ2v) is 4.40. The van der Waals surface area contributed by atoms with Crippen LogP contribution in [0.2, 0.25) is 0 Å². The molecule has 0 unspecified atom stereocenters. The third-order valence-electron chi connectivity index (χ3n) is 2.84. The molecule has 0 saturated heterocycles. The molecule has 1 aromatic rings. The molecule has 0 radical (unpaired) electrons. The third-order valence-corrected chi connectivity index (χ3v) is 2.84. The van der Waals surface area contributed by atoms with E-state index in [0.29, 0.717) is 0 Å². The van der Waals surface area contributed by atoms with Gasteiger partial charge in [0, 0.05) is 0 Å². The Kier molecular flexibility index (Phi) is 7.79. The van der Waals surface area contributed by atoms with Crippen molar-refractivity contribution in [3.8, 4) is 0 Å². The highest BCUT2D eigenvalue weighted by Crippen LogP contribution is 2.07. The largest absolute Gasteiger partial charge is 0.317 e. The van der Waals surface area contributed by atoms with E-state index in [4.69, 9.17) is 0 Å². The van der Waals surface area contributed by atoms with Crippen molar-refractivity contribution in [2.24, 2.45) is 0 Å². The molecule has 0 aliphatic rings. The second-order valence-electron chi connectivity index (χ2n) is 4.40. The van der Waals surface area contributed by atoms with Gasteiger partial charge in [-0.3, -0.25) is 0 Å². The van der Waals surface area contributed by atoms with E-state index in [9.17, 15) is 0 Å². The molecule has 0 aliphatic carbocycles. The van der Waals surface area contributed by atoms with Crippen LogP contribution in [0, 0.1) is 0 Å². The molecule has 1 rings (SSSR count). The van der Waals surface area contributed by atoms with E-state index in [-0.39, 0.29) is 0 Å². The molecule has 0 saturated carbocycles. The van der Waals surface area contributed by atoms with Crippen molar-refractivity contribution in [2.75, 3.05) is 13.1 Å². The van der Waals surface area contributed by atoms with Crippen LogP contribution in [0.5, 0.6) is 0 Å². The minimum absolute atomic E-state index is 1.17. The number of rotatable bonds is 9. The lowest BCUT2D eigenvalue weighted by Crippen LogP contribution is -2.15. The summed E-state index contributed by atoms with van der Waals surface area (Å²) in [5.74, 6) is 0. The van der Waals surface area contributed by atoms with Crippen LogP contribution in [-0.2, 0) is 6.42 Å². The normalized spacial score (nSPS) is 10.6. The molecule has 16 heavy (non-hydrogen) atoms. The summed E-state index contributed by atoms with van der Waals surface area (Å²) in [6, 6.07) is 10.8. The average molecular weight is 219 g/mol. The highest BCUT2D eigenvalue weighted by atomic mass is 14.8. The number of hydrogen-bond donors (Lipinski definition) is 1. The van der Waals surface area contributed by atoms with Crippen LogP contribution in [0.15, 0.2) is 30.3 Å². The molecule has 0 bridgehead atoms. The van der Waals surface area contributed by atoms with E-state index in [1.165, 1.54) is 57.2 Å². The SMILES string of the molecule is CCCNCCCCCCc1ccccc1. The molecular formula is C15H25N. The number of nitrogens with one attached hydrogen (secondary N) is 1. The molecule has 1 heteroatoms. The van der Waals surface area contributed by atoms with Gasteiger partial charge in [-0.05, 0) is 44.3 Å². The van der Waals surface area contributed by atoms with Crippen LogP contribution in [-0.4, -0.2) is 13.1 Å². The standard InChI is InChI=1S/C15H25N/c1-2-13-16-14-9-4-3-6-10-15-11-7-5-8-12-15/h5,7-8,11-12,16H,2-4,6,9-10,13-14H2,1H3. The first-order valence-electron chi connectivity index (χ1n) is 6.68. The van der Waals surface area contributed by atoms with Gasteiger partial charge in [-0.1, -0.05) is 50.1 Å². The first kappa shape index (κ1) is 13.2. The zero-order valence-corrected chi connectivity index (χ0v) is 10.5. The van der Waals surface area contributed by atoms with Crippen LogP contribution in [0.3, 0.4) is 0 Å². The maximum atomic E-state index is 3.44. The first-order chi connectivity index (χ1) is 7.93. The molecule has 90 valence electrons. The predicted octanol–water partition coefficient (Wildman–Crippen LogP) is 3.79. The van der Waals surface area contributed by atoms with E-state index < -0.39 is 0 Å². The first-order valence-corrected chi connectivity index (χ1v) is 6.68. The number of unbranched alkanes of at least 4 members (excludes halogenated alkanes) is 3. The number of hydrogen-bond acceptors (Lipinski definition) is 1. The summed E-state index contributed by atoms with van der Waals surface area (Å²) < 4.78 is 0. The summed E-state index contributed by atoms with van der Waals surface area (Å²) >= 11 is 0. The molecule has 0 fully saturated rings. The smallest absolute Gasteiger partial charge is 0.00489 e. The molecule has 0 amide bonds. The van der Waals surface area contributed by atoms with Crippen molar-refractivity contribution < 1.29 is 0 Å². The van der Waals surface area contributed by atoms with E-state index >= 15 is 0 Å². The summed E-state index contributed by atoms with van der Waals surface area (Å²) in [6.45, 7) is 4.58. The number of aryl methyl sites for hydroxylation is 1. The van der Waals surface area contributed by atoms with Crippen molar-refractivity contribution >= 4 is 0 Å². The Hall–Kier alpha value is -0.820. The van der Waals surface area contributed by atoms with Gasteiger partial charge in [-0.25, -0.2) is 0 Å². The Balaban J connectivity index is 1.89. The summed E-state index contributed by atoms with van der Waals surface area (Å²) in [5.41, 5.74) is 1.48. The monoisotopic (exact) mass is 219 g/mol. The van der Waals surface area contributed by atoms with Gasteiger partial charge in [0.05, 0.1) is 0 Å². The molecule has 1 N–H and O–H groups in total. The van der Waals surface area contributed by atoms with Gasteiger partial charge in [0.2, 0.25) is 0 Å². The summed E-state index contributed by atoms with van der Waals surface area (Å²) in [4.78, 5) is 0. The second kappa shape index (κ2) is 9.41. The number of benzene rings is 1. The molecule has 0 heterocycles. The van der Waals surface area contributed by atoms with E-state index in [1.54, 1.807) is 0 Å². The molecule has 0 spiro atoms. The molecule has 0 atom stereocenters. The minimum atomic E-state index is 1.17. The van der Waals surface area contributed by atoms with Gasteiger partial charge in [0.15, 0.2) is 0 Å². The van der Waals surface area contributed by atoms with E-state index in [1.807, 2.05) is 0 Å².